The van der Waals surface area contributed by atoms with Crippen molar-refractivity contribution in [3.63, 3.8) is 0 Å². The standard InChI is InChI=1S/C32H49N3.ClH/c1-6-7-13-29-23-33-20-21-35(29)31-19-18-28(34(5)24-25-11-9-8-10-12-25)22-30(31)26-14-16-27(17-15-26)32(2,3)4;/h8-12,18-19,22,26-27,29,33H,6-7,13-17,20-21,23-24H2,1-5H3;1H. The summed E-state index contributed by atoms with van der Waals surface area (Å²) in [7, 11) is 2.25. The van der Waals surface area contributed by atoms with Gasteiger partial charge in [0.1, 0.15) is 0 Å². The molecule has 0 radical (unpaired) electrons. The smallest absolute Gasteiger partial charge is 0.0426 e. The zero-order chi connectivity index (χ0) is 24.8. The van der Waals surface area contributed by atoms with Gasteiger partial charge < -0.3 is 15.1 Å². The molecular formula is C32H50ClN3. The molecule has 1 aliphatic heterocycles. The molecule has 2 fully saturated rings. The molecule has 4 heteroatoms. The number of nitrogens with zero attached hydrogens (tertiary/aromatic N) is 2. The summed E-state index contributed by atoms with van der Waals surface area (Å²) in [4.78, 5) is 5.19. The van der Waals surface area contributed by atoms with E-state index in [4.69, 9.17) is 0 Å². The van der Waals surface area contributed by atoms with Crippen molar-refractivity contribution in [1.29, 1.82) is 0 Å². The van der Waals surface area contributed by atoms with Crippen LogP contribution in [0.5, 0.6) is 0 Å². The van der Waals surface area contributed by atoms with Crippen LogP contribution in [0.4, 0.5) is 11.4 Å². The molecule has 1 heterocycles. The molecule has 1 saturated heterocycles. The van der Waals surface area contributed by atoms with Crippen LogP contribution in [0.2, 0.25) is 0 Å². The molecule has 0 bridgehead atoms. The Balaban J connectivity index is 0.00000361. The number of unbranched alkanes of at least 4 members (excludes halogenated alkanes) is 1. The molecule has 0 aromatic heterocycles. The van der Waals surface area contributed by atoms with Gasteiger partial charge in [0.2, 0.25) is 0 Å². The zero-order valence-corrected chi connectivity index (χ0v) is 24.2. The average Bonchev–Trinajstić information content (AvgIpc) is 2.87. The van der Waals surface area contributed by atoms with Crippen LogP contribution in [0.25, 0.3) is 0 Å². The second-order valence-electron chi connectivity index (χ2n) is 12.2. The Labute approximate surface area is 227 Å². The van der Waals surface area contributed by atoms with Crippen LogP contribution < -0.4 is 15.1 Å². The quantitative estimate of drug-likeness (QED) is 0.387. The predicted molar refractivity (Wildman–Crippen MR) is 160 cm³/mol. The molecule has 2 aromatic carbocycles. The molecule has 2 aromatic rings. The molecular weight excluding hydrogens is 462 g/mol. The zero-order valence-electron chi connectivity index (χ0n) is 23.4. The van der Waals surface area contributed by atoms with Crippen LogP contribution >= 0.6 is 12.4 Å². The maximum Gasteiger partial charge on any atom is 0.0426 e. The monoisotopic (exact) mass is 511 g/mol. The SMILES string of the molecule is CCCCC1CNCCN1c1ccc(N(C)Cc2ccccc2)cc1C1CCC(C(C)(C)C)CC1.Cl. The maximum absolute atomic E-state index is 3.67. The normalized spacial score (nSPS) is 22.7. The summed E-state index contributed by atoms with van der Waals surface area (Å²) >= 11 is 0. The second-order valence-corrected chi connectivity index (χ2v) is 12.2. The van der Waals surface area contributed by atoms with E-state index in [0.717, 1.165) is 32.1 Å². The number of hydrogen-bond donors (Lipinski definition) is 1. The van der Waals surface area contributed by atoms with Gasteiger partial charge in [0.05, 0.1) is 0 Å². The lowest BCUT2D eigenvalue weighted by molar-refractivity contribution is 0.169. The summed E-state index contributed by atoms with van der Waals surface area (Å²) < 4.78 is 0. The second kappa shape index (κ2) is 13.2. The number of anilines is 2. The van der Waals surface area contributed by atoms with Gasteiger partial charge in [-0.2, -0.15) is 0 Å². The number of halogens is 1. The molecule has 1 unspecified atom stereocenters. The van der Waals surface area contributed by atoms with Crippen molar-refractivity contribution >= 4 is 23.8 Å². The van der Waals surface area contributed by atoms with E-state index >= 15 is 0 Å². The first kappa shape index (κ1) is 28.9. The van der Waals surface area contributed by atoms with Crippen LogP contribution in [0.15, 0.2) is 48.5 Å². The van der Waals surface area contributed by atoms with E-state index in [1.165, 1.54) is 61.9 Å². The lowest BCUT2D eigenvalue weighted by Crippen LogP contribution is -2.51. The van der Waals surface area contributed by atoms with Crippen LogP contribution in [-0.4, -0.2) is 32.7 Å². The van der Waals surface area contributed by atoms with Crippen molar-refractivity contribution in [3.8, 4) is 0 Å². The van der Waals surface area contributed by atoms with Crippen molar-refractivity contribution in [2.45, 2.75) is 91.1 Å². The minimum atomic E-state index is 0. The lowest BCUT2D eigenvalue weighted by atomic mass is 9.68. The Hall–Kier alpha value is -1.71. The third-order valence-electron chi connectivity index (χ3n) is 8.66. The first-order valence-electron chi connectivity index (χ1n) is 14.2. The van der Waals surface area contributed by atoms with Crippen molar-refractivity contribution in [2.75, 3.05) is 36.5 Å². The van der Waals surface area contributed by atoms with E-state index in [-0.39, 0.29) is 12.4 Å². The Morgan fingerprint density at radius 1 is 1.00 bits per heavy atom. The van der Waals surface area contributed by atoms with Gasteiger partial charge in [-0.1, -0.05) is 70.9 Å². The van der Waals surface area contributed by atoms with E-state index in [0.29, 0.717) is 17.4 Å². The molecule has 1 saturated carbocycles. The number of nitrogens with one attached hydrogen (secondary N) is 1. The fraction of sp³-hybridized carbons (Fsp3) is 0.625. The first-order chi connectivity index (χ1) is 16.9. The molecule has 4 rings (SSSR count). The Morgan fingerprint density at radius 2 is 1.72 bits per heavy atom. The fourth-order valence-electron chi connectivity index (χ4n) is 6.36. The number of hydrogen-bond acceptors (Lipinski definition) is 3. The van der Waals surface area contributed by atoms with Crippen molar-refractivity contribution in [3.05, 3.63) is 59.7 Å². The van der Waals surface area contributed by atoms with Crippen LogP contribution in [0.1, 0.15) is 89.7 Å². The molecule has 2 aliphatic rings. The molecule has 1 atom stereocenters. The van der Waals surface area contributed by atoms with Crippen molar-refractivity contribution < 1.29 is 0 Å². The fourth-order valence-corrected chi connectivity index (χ4v) is 6.36. The summed E-state index contributed by atoms with van der Waals surface area (Å²) in [6.07, 6.45) is 9.25. The highest BCUT2D eigenvalue weighted by Crippen LogP contribution is 2.46. The summed E-state index contributed by atoms with van der Waals surface area (Å²) in [5, 5.41) is 3.67. The molecule has 1 aliphatic carbocycles. The lowest BCUT2D eigenvalue weighted by Gasteiger charge is -2.42. The van der Waals surface area contributed by atoms with Gasteiger partial charge in [-0.05, 0) is 78.7 Å². The molecule has 200 valence electrons. The number of rotatable bonds is 8. The third kappa shape index (κ3) is 7.19. The predicted octanol–water partition coefficient (Wildman–Crippen LogP) is 8.03. The van der Waals surface area contributed by atoms with Gasteiger partial charge in [0.15, 0.2) is 0 Å². The van der Waals surface area contributed by atoms with Gasteiger partial charge >= 0.3 is 0 Å². The summed E-state index contributed by atoms with van der Waals surface area (Å²) in [6, 6.07) is 18.9. The van der Waals surface area contributed by atoms with Gasteiger partial charge in [-0.25, -0.2) is 0 Å². The molecule has 0 spiro atoms. The molecule has 3 nitrogen and oxygen atoms in total. The Morgan fingerprint density at radius 3 is 2.39 bits per heavy atom. The van der Waals surface area contributed by atoms with Crippen LogP contribution in [0.3, 0.4) is 0 Å². The topological polar surface area (TPSA) is 18.5 Å². The van der Waals surface area contributed by atoms with Gasteiger partial charge in [0, 0.05) is 50.6 Å². The van der Waals surface area contributed by atoms with Crippen molar-refractivity contribution in [1.82, 2.24) is 5.32 Å². The van der Waals surface area contributed by atoms with E-state index in [1.807, 2.05) is 0 Å². The molecule has 1 N–H and O–H groups in total. The van der Waals surface area contributed by atoms with Gasteiger partial charge in [0.25, 0.3) is 0 Å². The van der Waals surface area contributed by atoms with Gasteiger partial charge in [-0.15, -0.1) is 12.4 Å². The highest BCUT2D eigenvalue weighted by Gasteiger charge is 2.33. The summed E-state index contributed by atoms with van der Waals surface area (Å²) in [6.45, 7) is 13.9. The van der Waals surface area contributed by atoms with Crippen molar-refractivity contribution in [2.24, 2.45) is 11.3 Å². The minimum absolute atomic E-state index is 0. The van der Waals surface area contributed by atoms with E-state index in [9.17, 15) is 0 Å². The van der Waals surface area contributed by atoms with E-state index in [1.54, 1.807) is 5.56 Å². The maximum atomic E-state index is 3.67. The Kier molecular flexibility index (Phi) is 10.6. The summed E-state index contributed by atoms with van der Waals surface area (Å²) in [5.74, 6) is 1.53. The van der Waals surface area contributed by atoms with Gasteiger partial charge in [-0.3, -0.25) is 0 Å². The minimum Gasteiger partial charge on any atom is -0.370 e. The van der Waals surface area contributed by atoms with Crippen LogP contribution in [0, 0.1) is 11.3 Å². The highest BCUT2D eigenvalue weighted by molar-refractivity contribution is 5.85. The van der Waals surface area contributed by atoms with Crippen LogP contribution in [-0.2, 0) is 6.54 Å². The number of benzene rings is 2. The Bertz CT molecular complexity index is 915. The number of piperazine rings is 1. The third-order valence-corrected chi connectivity index (χ3v) is 8.66. The van der Waals surface area contributed by atoms with E-state index < -0.39 is 0 Å². The van der Waals surface area contributed by atoms with E-state index in [2.05, 4.69) is 98.4 Å². The first-order valence-corrected chi connectivity index (χ1v) is 14.2. The highest BCUT2D eigenvalue weighted by atomic mass is 35.5. The summed E-state index contributed by atoms with van der Waals surface area (Å²) in [5.41, 5.74) is 6.27. The largest absolute Gasteiger partial charge is 0.370 e. The molecule has 0 amide bonds. The average molecular weight is 512 g/mol. The molecule has 36 heavy (non-hydrogen) atoms.